The number of hydrogen-bond donors (Lipinski definition) is 0. The smallest absolute Gasteiger partial charge is 0.157 e. The summed E-state index contributed by atoms with van der Waals surface area (Å²) < 4.78 is 21.2. The van der Waals surface area contributed by atoms with Crippen molar-refractivity contribution in [3.63, 3.8) is 0 Å². The molecule has 0 aromatic heterocycles. The average Bonchev–Trinajstić information content (AvgIpc) is 2.03. The molecule has 0 radical (unpaired) electrons. The van der Waals surface area contributed by atoms with Gasteiger partial charge in [0.05, 0.1) is 6.61 Å². The van der Waals surface area contributed by atoms with E-state index in [4.69, 9.17) is 9.47 Å². The van der Waals surface area contributed by atoms with Crippen molar-refractivity contribution in [2.24, 2.45) is 0 Å². The molecule has 0 aromatic rings. The lowest BCUT2D eigenvalue weighted by Crippen LogP contribution is -2.15. The van der Waals surface area contributed by atoms with Gasteiger partial charge in [-0.2, -0.15) is 4.94 Å². The molecule has 0 saturated heterocycles. The summed E-state index contributed by atoms with van der Waals surface area (Å²) in [6, 6.07) is 0. The number of halogens is 1. The van der Waals surface area contributed by atoms with Crippen LogP contribution in [0.5, 0.6) is 0 Å². The monoisotopic (exact) mass is 166 g/mol. The second-order valence-corrected chi connectivity index (χ2v) is 2.08. The van der Waals surface area contributed by atoms with Crippen molar-refractivity contribution in [1.29, 1.82) is 0 Å². The van der Waals surface area contributed by atoms with E-state index in [0.29, 0.717) is 19.4 Å². The number of rotatable bonds is 7. The van der Waals surface area contributed by atoms with Crippen LogP contribution in [-0.2, 0) is 14.4 Å². The minimum Gasteiger partial charge on any atom is -0.356 e. The van der Waals surface area contributed by atoms with Gasteiger partial charge in [-0.1, -0.05) is 0 Å². The quantitative estimate of drug-likeness (QED) is 0.425. The van der Waals surface area contributed by atoms with Crippen LogP contribution in [0.4, 0.5) is 4.53 Å². The maximum absolute atomic E-state index is 11.2. The lowest BCUT2D eigenvalue weighted by atomic mass is 10.3. The summed E-state index contributed by atoms with van der Waals surface area (Å²) in [5, 5.41) is 0. The van der Waals surface area contributed by atoms with Gasteiger partial charge in [-0.15, -0.1) is 0 Å². The molecule has 0 amide bonds. The highest BCUT2D eigenvalue weighted by Gasteiger charge is 2.04. The number of ether oxygens (including phenoxy) is 2. The third kappa shape index (κ3) is 6.22. The summed E-state index contributed by atoms with van der Waals surface area (Å²) in [6.07, 6.45) is 1.04. The third-order valence-corrected chi connectivity index (χ3v) is 1.28. The molecule has 3 nitrogen and oxygen atoms in total. The number of hydrogen-bond acceptors (Lipinski definition) is 3. The van der Waals surface area contributed by atoms with E-state index in [1.165, 1.54) is 0 Å². The Labute approximate surface area is 66.3 Å². The first kappa shape index (κ1) is 10.8. The fourth-order valence-corrected chi connectivity index (χ4v) is 0.760. The van der Waals surface area contributed by atoms with Gasteiger partial charge in [0.1, 0.15) is 0 Å². The van der Waals surface area contributed by atoms with Gasteiger partial charge in [-0.25, -0.2) is 0 Å². The summed E-state index contributed by atoms with van der Waals surface area (Å²) in [5.41, 5.74) is 0. The standard InChI is InChI=1S/C7H15FO3/c1-3-10-7(9-2)5-4-6-11-8/h7H,3-6H2,1-2H3. The van der Waals surface area contributed by atoms with Crippen molar-refractivity contribution < 1.29 is 18.9 Å². The highest BCUT2D eigenvalue weighted by Crippen LogP contribution is 2.02. The molecule has 0 aromatic carbocycles. The zero-order chi connectivity index (χ0) is 8.53. The lowest BCUT2D eigenvalue weighted by Gasteiger charge is -2.13. The second kappa shape index (κ2) is 7.91. The van der Waals surface area contributed by atoms with Gasteiger partial charge in [-0.05, 0) is 17.9 Å². The lowest BCUT2D eigenvalue weighted by molar-refractivity contribution is -0.151. The zero-order valence-corrected chi connectivity index (χ0v) is 7.01. The normalized spacial score (nSPS) is 13.4. The van der Waals surface area contributed by atoms with Gasteiger partial charge in [0.2, 0.25) is 0 Å². The Balaban J connectivity index is 3.20. The molecule has 4 heteroatoms. The Bertz CT molecular complexity index is 80.1. The van der Waals surface area contributed by atoms with E-state index in [1.807, 2.05) is 6.92 Å². The molecule has 0 N–H and O–H groups in total. The fourth-order valence-electron chi connectivity index (χ4n) is 0.760. The van der Waals surface area contributed by atoms with Crippen LogP contribution in [0, 0.1) is 0 Å². The van der Waals surface area contributed by atoms with Crippen LogP contribution >= 0.6 is 0 Å². The van der Waals surface area contributed by atoms with Crippen LogP contribution in [-0.4, -0.2) is 26.6 Å². The second-order valence-electron chi connectivity index (χ2n) is 2.08. The topological polar surface area (TPSA) is 27.7 Å². The molecule has 1 atom stereocenters. The Morgan fingerprint density at radius 2 is 2.18 bits per heavy atom. The summed E-state index contributed by atoms with van der Waals surface area (Å²) in [6.45, 7) is 2.60. The van der Waals surface area contributed by atoms with E-state index in [9.17, 15) is 4.53 Å². The van der Waals surface area contributed by atoms with Gasteiger partial charge in [0.25, 0.3) is 0 Å². The molecule has 0 spiro atoms. The summed E-state index contributed by atoms with van der Waals surface area (Å²) >= 11 is 0. The molecule has 0 fully saturated rings. The largest absolute Gasteiger partial charge is 0.356 e. The minimum absolute atomic E-state index is 0.104. The molecule has 0 saturated carbocycles. The molecular formula is C7H15FO3. The summed E-state index contributed by atoms with van der Waals surface area (Å²) in [5.74, 6) is 0. The predicted molar refractivity (Wildman–Crippen MR) is 38.7 cm³/mol. The fraction of sp³-hybridized carbons (Fsp3) is 1.00. The molecule has 11 heavy (non-hydrogen) atoms. The Hall–Kier alpha value is -0.190. The Morgan fingerprint density at radius 1 is 1.45 bits per heavy atom. The van der Waals surface area contributed by atoms with Crippen LogP contribution in [0.3, 0.4) is 0 Å². The van der Waals surface area contributed by atoms with Crippen LogP contribution < -0.4 is 0 Å². The molecule has 0 aliphatic carbocycles. The molecule has 0 heterocycles. The Morgan fingerprint density at radius 3 is 2.64 bits per heavy atom. The molecule has 0 bridgehead atoms. The molecular weight excluding hydrogens is 151 g/mol. The predicted octanol–water partition coefficient (Wildman–Crippen LogP) is 1.68. The van der Waals surface area contributed by atoms with E-state index in [2.05, 4.69) is 4.94 Å². The average molecular weight is 166 g/mol. The molecule has 1 unspecified atom stereocenters. The van der Waals surface area contributed by atoms with E-state index >= 15 is 0 Å². The first-order valence-electron chi connectivity index (χ1n) is 3.73. The summed E-state index contributed by atoms with van der Waals surface area (Å²) in [7, 11) is 1.57. The third-order valence-electron chi connectivity index (χ3n) is 1.28. The van der Waals surface area contributed by atoms with Gasteiger partial charge in [0.15, 0.2) is 6.29 Å². The van der Waals surface area contributed by atoms with Crippen molar-refractivity contribution in [2.45, 2.75) is 26.1 Å². The van der Waals surface area contributed by atoms with Crippen molar-refractivity contribution in [2.75, 3.05) is 20.3 Å². The molecule has 0 aliphatic heterocycles. The van der Waals surface area contributed by atoms with Gasteiger partial charge in [0, 0.05) is 20.1 Å². The maximum Gasteiger partial charge on any atom is 0.157 e. The maximum atomic E-state index is 11.2. The van der Waals surface area contributed by atoms with Crippen molar-refractivity contribution in [3.05, 3.63) is 0 Å². The highest BCUT2D eigenvalue weighted by molar-refractivity contribution is 4.43. The first-order chi connectivity index (χ1) is 5.35. The zero-order valence-electron chi connectivity index (χ0n) is 7.01. The van der Waals surface area contributed by atoms with Crippen molar-refractivity contribution in [3.8, 4) is 0 Å². The van der Waals surface area contributed by atoms with Crippen LogP contribution in [0.1, 0.15) is 19.8 Å². The summed E-state index contributed by atoms with van der Waals surface area (Å²) in [4.78, 5) is 3.40. The molecule has 0 aliphatic rings. The van der Waals surface area contributed by atoms with Crippen LogP contribution in [0.15, 0.2) is 0 Å². The van der Waals surface area contributed by atoms with E-state index in [-0.39, 0.29) is 12.9 Å². The Kier molecular flexibility index (Phi) is 7.78. The van der Waals surface area contributed by atoms with Gasteiger partial charge >= 0.3 is 0 Å². The van der Waals surface area contributed by atoms with Crippen molar-refractivity contribution in [1.82, 2.24) is 0 Å². The van der Waals surface area contributed by atoms with E-state index in [0.717, 1.165) is 0 Å². The van der Waals surface area contributed by atoms with Crippen molar-refractivity contribution >= 4 is 0 Å². The van der Waals surface area contributed by atoms with Gasteiger partial charge in [-0.3, -0.25) is 0 Å². The van der Waals surface area contributed by atoms with E-state index < -0.39 is 0 Å². The van der Waals surface area contributed by atoms with Crippen LogP contribution in [0.2, 0.25) is 0 Å². The van der Waals surface area contributed by atoms with E-state index in [1.54, 1.807) is 7.11 Å². The van der Waals surface area contributed by atoms with Gasteiger partial charge < -0.3 is 9.47 Å². The van der Waals surface area contributed by atoms with Crippen LogP contribution in [0.25, 0.3) is 0 Å². The highest BCUT2D eigenvalue weighted by atomic mass is 19.3. The SMILES string of the molecule is CCOC(CCCOF)OC. The molecule has 0 rings (SSSR count). The molecule has 68 valence electrons. The number of methoxy groups -OCH3 is 1. The first-order valence-corrected chi connectivity index (χ1v) is 3.73. The minimum atomic E-state index is -0.227.